The van der Waals surface area contributed by atoms with Crippen LogP contribution >= 0.6 is 27.7 Å². The average Bonchev–Trinajstić information content (AvgIpc) is 2.48. The van der Waals surface area contributed by atoms with Crippen molar-refractivity contribution in [2.75, 3.05) is 31.6 Å². The summed E-state index contributed by atoms with van der Waals surface area (Å²) in [6.45, 7) is 4.32. The number of hydrogen-bond donors (Lipinski definition) is 1. The van der Waals surface area contributed by atoms with Gasteiger partial charge in [-0.05, 0) is 54.0 Å². The molecule has 0 spiro atoms. The van der Waals surface area contributed by atoms with Gasteiger partial charge in [0.15, 0.2) is 0 Å². The molecule has 118 valence electrons. The summed E-state index contributed by atoms with van der Waals surface area (Å²) in [6, 6.07) is 6.19. The second-order valence-corrected chi connectivity index (χ2v) is 7.54. The van der Waals surface area contributed by atoms with Gasteiger partial charge >= 0.3 is 0 Å². The van der Waals surface area contributed by atoms with Crippen LogP contribution in [0.3, 0.4) is 0 Å². The van der Waals surface area contributed by atoms with Gasteiger partial charge in [0.1, 0.15) is 5.82 Å². The van der Waals surface area contributed by atoms with E-state index in [2.05, 4.69) is 40.1 Å². The molecule has 0 radical (unpaired) electrons. The van der Waals surface area contributed by atoms with E-state index in [1.807, 2.05) is 17.8 Å². The maximum Gasteiger partial charge on any atom is 0.137 e. The Bertz CT molecular complexity index is 458. The van der Waals surface area contributed by atoms with Gasteiger partial charge in [0.2, 0.25) is 0 Å². The van der Waals surface area contributed by atoms with E-state index in [1.54, 1.807) is 6.07 Å². The number of thioether (sulfide) groups is 1. The molecule has 0 aromatic heterocycles. The fraction of sp³-hybridized carbons (Fsp3) is 0.625. The van der Waals surface area contributed by atoms with Gasteiger partial charge in [-0.1, -0.05) is 19.1 Å². The Morgan fingerprint density at radius 2 is 2.33 bits per heavy atom. The van der Waals surface area contributed by atoms with E-state index in [0.29, 0.717) is 16.6 Å². The summed E-state index contributed by atoms with van der Waals surface area (Å²) in [7, 11) is 2.20. The summed E-state index contributed by atoms with van der Waals surface area (Å²) in [5.41, 5.74) is 1.05. The zero-order valence-electron chi connectivity index (χ0n) is 12.7. The quantitative estimate of drug-likeness (QED) is 0.819. The van der Waals surface area contributed by atoms with Crippen LogP contribution in [-0.2, 0) is 6.42 Å². The largest absolute Gasteiger partial charge is 0.312 e. The van der Waals surface area contributed by atoms with Gasteiger partial charge in [-0.15, -0.1) is 0 Å². The van der Waals surface area contributed by atoms with E-state index >= 15 is 0 Å². The Labute approximate surface area is 140 Å². The summed E-state index contributed by atoms with van der Waals surface area (Å²) < 4.78 is 14.3. The zero-order chi connectivity index (χ0) is 15.2. The molecule has 21 heavy (non-hydrogen) atoms. The number of nitrogens with one attached hydrogen (secondary N) is 1. The summed E-state index contributed by atoms with van der Waals surface area (Å²) in [6.07, 6.45) is 1.97. The molecule has 1 aromatic carbocycles. The number of halogens is 2. The van der Waals surface area contributed by atoms with E-state index in [9.17, 15) is 4.39 Å². The van der Waals surface area contributed by atoms with Gasteiger partial charge in [-0.2, -0.15) is 11.8 Å². The molecule has 1 saturated heterocycles. The molecule has 5 heteroatoms. The Morgan fingerprint density at radius 1 is 1.52 bits per heavy atom. The summed E-state index contributed by atoms with van der Waals surface area (Å²) in [4.78, 5) is 2.44. The maximum atomic E-state index is 13.7. The van der Waals surface area contributed by atoms with Crippen LogP contribution < -0.4 is 5.32 Å². The minimum Gasteiger partial charge on any atom is -0.312 e. The van der Waals surface area contributed by atoms with Crippen molar-refractivity contribution < 1.29 is 4.39 Å². The highest BCUT2D eigenvalue weighted by Gasteiger charge is 2.28. The molecule has 1 fully saturated rings. The molecular formula is C16H24BrFN2S. The Hall–Kier alpha value is -0.100. The first-order chi connectivity index (χ1) is 10.1. The van der Waals surface area contributed by atoms with Crippen LogP contribution in [0.4, 0.5) is 4.39 Å². The fourth-order valence-corrected chi connectivity index (χ4v) is 4.48. The van der Waals surface area contributed by atoms with Gasteiger partial charge in [-0.25, -0.2) is 4.39 Å². The monoisotopic (exact) mass is 374 g/mol. The van der Waals surface area contributed by atoms with Gasteiger partial charge in [0.25, 0.3) is 0 Å². The molecule has 0 amide bonds. The lowest BCUT2D eigenvalue weighted by Gasteiger charge is -2.38. The molecule has 2 rings (SSSR count). The summed E-state index contributed by atoms with van der Waals surface area (Å²) in [5, 5.41) is 3.67. The van der Waals surface area contributed by atoms with Crippen LogP contribution in [0.15, 0.2) is 22.7 Å². The Balaban J connectivity index is 2.13. The molecule has 0 aliphatic carbocycles. The molecule has 0 saturated carbocycles. The average molecular weight is 375 g/mol. The van der Waals surface area contributed by atoms with Gasteiger partial charge in [0.05, 0.1) is 4.47 Å². The highest BCUT2D eigenvalue weighted by molar-refractivity contribution is 9.10. The zero-order valence-corrected chi connectivity index (χ0v) is 15.1. The topological polar surface area (TPSA) is 15.3 Å². The predicted octanol–water partition coefficient (Wildman–Crippen LogP) is 3.55. The van der Waals surface area contributed by atoms with Gasteiger partial charge in [0, 0.05) is 30.1 Å². The second-order valence-electron chi connectivity index (χ2n) is 5.60. The van der Waals surface area contributed by atoms with E-state index < -0.39 is 0 Å². The third kappa shape index (κ3) is 4.68. The number of rotatable bonds is 6. The molecule has 1 heterocycles. The van der Waals surface area contributed by atoms with Crippen molar-refractivity contribution >= 4 is 27.7 Å². The lowest BCUT2D eigenvalue weighted by Crippen LogP contribution is -2.53. The number of likely N-dealkylation sites (N-methyl/N-ethyl adjacent to an activating group) is 1. The van der Waals surface area contributed by atoms with E-state index in [-0.39, 0.29) is 5.82 Å². The molecular weight excluding hydrogens is 351 g/mol. The Kier molecular flexibility index (Phi) is 6.99. The van der Waals surface area contributed by atoms with E-state index in [0.717, 1.165) is 37.2 Å². The predicted molar refractivity (Wildman–Crippen MR) is 93.6 cm³/mol. The van der Waals surface area contributed by atoms with Crippen molar-refractivity contribution in [1.82, 2.24) is 10.2 Å². The SMILES string of the molecule is CCCNC(Cc1cccc(F)c1Br)C1CSCCN1C. The summed E-state index contributed by atoms with van der Waals surface area (Å²) in [5.74, 6) is 2.18. The standard InChI is InChI=1S/C16H24BrFN2S/c1-3-7-19-14(15-11-21-9-8-20(15)2)10-12-5-4-6-13(18)16(12)17/h4-6,14-15,19H,3,7-11H2,1-2H3. The first-order valence-electron chi connectivity index (χ1n) is 7.57. The first-order valence-corrected chi connectivity index (χ1v) is 9.52. The van der Waals surface area contributed by atoms with E-state index in [4.69, 9.17) is 0 Å². The second kappa shape index (κ2) is 8.51. The van der Waals surface area contributed by atoms with E-state index in [1.165, 1.54) is 11.8 Å². The van der Waals surface area contributed by atoms with Crippen LogP contribution in [0.25, 0.3) is 0 Å². The van der Waals surface area contributed by atoms with Crippen LogP contribution in [-0.4, -0.2) is 48.6 Å². The van der Waals surface area contributed by atoms with Crippen LogP contribution in [0.5, 0.6) is 0 Å². The molecule has 2 nitrogen and oxygen atoms in total. The Morgan fingerprint density at radius 3 is 3.05 bits per heavy atom. The maximum absolute atomic E-state index is 13.7. The molecule has 0 bridgehead atoms. The van der Waals surface area contributed by atoms with Crippen molar-refractivity contribution in [2.45, 2.75) is 31.8 Å². The summed E-state index contributed by atoms with van der Waals surface area (Å²) >= 11 is 5.41. The van der Waals surface area contributed by atoms with Crippen molar-refractivity contribution in [3.8, 4) is 0 Å². The number of hydrogen-bond acceptors (Lipinski definition) is 3. The minimum atomic E-state index is -0.173. The normalized spacial score (nSPS) is 21.4. The highest BCUT2D eigenvalue weighted by atomic mass is 79.9. The molecule has 1 aliphatic rings. The first kappa shape index (κ1) is 17.3. The van der Waals surface area contributed by atoms with Crippen LogP contribution in [0.2, 0.25) is 0 Å². The van der Waals surface area contributed by atoms with Crippen molar-refractivity contribution in [1.29, 1.82) is 0 Å². The van der Waals surface area contributed by atoms with Crippen molar-refractivity contribution in [3.05, 3.63) is 34.1 Å². The fourth-order valence-electron chi connectivity index (χ4n) is 2.75. The lowest BCUT2D eigenvalue weighted by molar-refractivity contribution is 0.213. The molecule has 1 aromatic rings. The molecule has 1 aliphatic heterocycles. The third-order valence-corrected chi connectivity index (χ3v) is 5.97. The minimum absolute atomic E-state index is 0.173. The highest BCUT2D eigenvalue weighted by Crippen LogP contribution is 2.25. The van der Waals surface area contributed by atoms with Gasteiger partial charge < -0.3 is 10.2 Å². The molecule has 1 N–H and O–H groups in total. The van der Waals surface area contributed by atoms with Crippen molar-refractivity contribution in [2.24, 2.45) is 0 Å². The van der Waals surface area contributed by atoms with Crippen LogP contribution in [0.1, 0.15) is 18.9 Å². The van der Waals surface area contributed by atoms with Crippen LogP contribution in [0, 0.1) is 5.82 Å². The number of nitrogens with zero attached hydrogens (tertiary/aromatic N) is 1. The number of benzene rings is 1. The smallest absolute Gasteiger partial charge is 0.137 e. The molecule has 2 atom stereocenters. The van der Waals surface area contributed by atoms with Crippen molar-refractivity contribution in [3.63, 3.8) is 0 Å². The third-order valence-electron chi connectivity index (χ3n) is 4.04. The lowest BCUT2D eigenvalue weighted by atomic mass is 9.99. The molecule has 2 unspecified atom stereocenters. The van der Waals surface area contributed by atoms with Gasteiger partial charge in [-0.3, -0.25) is 0 Å².